The number of hydrogen-bond donors (Lipinski definition) is 2. The largest absolute Gasteiger partial charge is 0.328 e. The van der Waals surface area contributed by atoms with Crippen LogP contribution in [0, 0.1) is 5.92 Å². The van der Waals surface area contributed by atoms with Crippen molar-refractivity contribution in [3.05, 3.63) is 35.9 Å². The molecule has 2 aliphatic carbocycles. The molecule has 2 saturated carbocycles. The molecule has 0 aliphatic heterocycles. The number of hydrogen-bond acceptors (Lipinski definition) is 2. The summed E-state index contributed by atoms with van der Waals surface area (Å²) in [6.07, 6.45) is 6.39. The van der Waals surface area contributed by atoms with Crippen LogP contribution in [0.25, 0.3) is 0 Å². The van der Waals surface area contributed by atoms with Gasteiger partial charge in [-0.05, 0) is 50.1 Å². The first-order valence-electron chi connectivity index (χ1n) is 7.37. The molecule has 2 aliphatic rings. The first-order valence-corrected chi connectivity index (χ1v) is 7.37. The van der Waals surface area contributed by atoms with E-state index in [2.05, 4.69) is 35.6 Å². The highest BCUT2D eigenvalue weighted by molar-refractivity contribution is 5.27. The number of rotatable bonds is 4. The zero-order valence-corrected chi connectivity index (χ0v) is 11.0. The molecule has 3 rings (SSSR count). The molecule has 2 nitrogen and oxygen atoms in total. The van der Waals surface area contributed by atoms with E-state index < -0.39 is 0 Å². The zero-order valence-electron chi connectivity index (χ0n) is 11.0. The third kappa shape index (κ3) is 2.93. The molecule has 0 saturated heterocycles. The van der Waals surface area contributed by atoms with Crippen LogP contribution < -0.4 is 11.1 Å². The van der Waals surface area contributed by atoms with Crippen molar-refractivity contribution in [1.29, 1.82) is 0 Å². The standard InChI is InChI=1S/C16H24N2/c17-14-8-6-12(7-9-14)11-18-16-10-15(16)13-4-2-1-3-5-13/h1-5,12,14-16,18H,6-11,17H2/t12?,14?,15-,16+/m0/s1. The van der Waals surface area contributed by atoms with Gasteiger partial charge in [-0.3, -0.25) is 0 Å². The first-order chi connectivity index (χ1) is 8.83. The van der Waals surface area contributed by atoms with E-state index in [0.717, 1.165) is 17.9 Å². The van der Waals surface area contributed by atoms with E-state index in [1.807, 2.05) is 0 Å². The lowest BCUT2D eigenvalue weighted by Crippen LogP contribution is -2.32. The second-order valence-electron chi connectivity index (χ2n) is 6.05. The molecule has 18 heavy (non-hydrogen) atoms. The summed E-state index contributed by atoms with van der Waals surface area (Å²) in [7, 11) is 0. The molecule has 2 atom stereocenters. The van der Waals surface area contributed by atoms with Gasteiger partial charge < -0.3 is 11.1 Å². The van der Waals surface area contributed by atoms with Crippen molar-refractivity contribution in [2.75, 3.05) is 6.54 Å². The molecule has 0 radical (unpaired) electrons. The lowest BCUT2D eigenvalue weighted by atomic mass is 9.86. The predicted molar refractivity (Wildman–Crippen MR) is 75.5 cm³/mol. The smallest absolute Gasteiger partial charge is 0.0143 e. The van der Waals surface area contributed by atoms with E-state index in [4.69, 9.17) is 5.73 Å². The molecule has 0 heterocycles. The molecular formula is C16H24N2. The Morgan fingerprint density at radius 2 is 1.78 bits per heavy atom. The highest BCUT2D eigenvalue weighted by Crippen LogP contribution is 2.40. The summed E-state index contributed by atoms with van der Waals surface area (Å²) in [5.41, 5.74) is 7.44. The van der Waals surface area contributed by atoms with Crippen molar-refractivity contribution in [2.24, 2.45) is 11.7 Å². The van der Waals surface area contributed by atoms with Crippen molar-refractivity contribution in [2.45, 2.75) is 50.1 Å². The van der Waals surface area contributed by atoms with Crippen molar-refractivity contribution in [3.63, 3.8) is 0 Å². The summed E-state index contributed by atoms with van der Waals surface area (Å²) in [6, 6.07) is 12.1. The van der Waals surface area contributed by atoms with E-state index in [1.54, 1.807) is 0 Å². The molecule has 0 spiro atoms. The Balaban J connectivity index is 1.41. The van der Waals surface area contributed by atoms with Gasteiger partial charge in [0.2, 0.25) is 0 Å². The molecule has 1 aromatic carbocycles. The fourth-order valence-corrected chi connectivity index (χ4v) is 3.20. The third-order valence-corrected chi connectivity index (χ3v) is 4.58. The van der Waals surface area contributed by atoms with Crippen LogP contribution >= 0.6 is 0 Å². The minimum absolute atomic E-state index is 0.472. The molecule has 0 aromatic heterocycles. The summed E-state index contributed by atoms with van der Waals surface area (Å²) >= 11 is 0. The summed E-state index contributed by atoms with van der Waals surface area (Å²) in [5, 5.41) is 3.75. The van der Waals surface area contributed by atoms with Gasteiger partial charge >= 0.3 is 0 Å². The Bertz CT molecular complexity index is 368. The molecule has 2 heteroatoms. The maximum absolute atomic E-state index is 5.94. The van der Waals surface area contributed by atoms with Crippen molar-refractivity contribution < 1.29 is 0 Å². The van der Waals surface area contributed by atoms with Crippen LogP contribution in [0.1, 0.15) is 43.6 Å². The maximum Gasteiger partial charge on any atom is 0.0143 e. The fourth-order valence-electron chi connectivity index (χ4n) is 3.20. The van der Waals surface area contributed by atoms with Gasteiger partial charge in [0.25, 0.3) is 0 Å². The lowest BCUT2D eigenvalue weighted by molar-refractivity contribution is 0.313. The molecule has 0 bridgehead atoms. The Morgan fingerprint density at radius 3 is 2.50 bits per heavy atom. The molecular weight excluding hydrogens is 220 g/mol. The van der Waals surface area contributed by atoms with Crippen LogP contribution in [0.3, 0.4) is 0 Å². The van der Waals surface area contributed by atoms with Gasteiger partial charge in [-0.1, -0.05) is 30.3 Å². The van der Waals surface area contributed by atoms with Crippen LogP contribution in [-0.4, -0.2) is 18.6 Å². The van der Waals surface area contributed by atoms with Crippen LogP contribution in [-0.2, 0) is 0 Å². The van der Waals surface area contributed by atoms with Crippen LogP contribution in [0.5, 0.6) is 0 Å². The Labute approximate surface area is 110 Å². The van der Waals surface area contributed by atoms with E-state index in [9.17, 15) is 0 Å². The van der Waals surface area contributed by atoms with Crippen LogP contribution in [0.2, 0.25) is 0 Å². The molecule has 0 unspecified atom stereocenters. The van der Waals surface area contributed by atoms with Crippen molar-refractivity contribution >= 4 is 0 Å². The van der Waals surface area contributed by atoms with E-state index in [0.29, 0.717) is 6.04 Å². The first kappa shape index (κ1) is 12.2. The van der Waals surface area contributed by atoms with Crippen LogP contribution in [0.4, 0.5) is 0 Å². The molecule has 98 valence electrons. The second-order valence-corrected chi connectivity index (χ2v) is 6.05. The fraction of sp³-hybridized carbons (Fsp3) is 0.625. The third-order valence-electron chi connectivity index (χ3n) is 4.58. The molecule has 2 fully saturated rings. The Hall–Kier alpha value is -0.860. The average molecular weight is 244 g/mol. The zero-order chi connectivity index (χ0) is 12.4. The van der Waals surface area contributed by atoms with Gasteiger partial charge in [0, 0.05) is 18.0 Å². The van der Waals surface area contributed by atoms with Gasteiger partial charge in [0.05, 0.1) is 0 Å². The number of benzene rings is 1. The van der Waals surface area contributed by atoms with Gasteiger partial charge in [-0.2, -0.15) is 0 Å². The summed E-state index contributed by atoms with van der Waals surface area (Å²) in [6.45, 7) is 1.20. The summed E-state index contributed by atoms with van der Waals surface area (Å²) in [4.78, 5) is 0. The molecule has 0 amide bonds. The van der Waals surface area contributed by atoms with E-state index >= 15 is 0 Å². The van der Waals surface area contributed by atoms with Crippen LogP contribution in [0.15, 0.2) is 30.3 Å². The minimum Gasteiger partial charge on any atom is -0.328 e. The summed E-state index contributed by atoms with van der Waals surface area (Å²) in [5.74, 6) is 1.62. The Kier molecular flexibility index (Phi) is 3.67. The second kappa shape index (κ2) is 5.41. The Morgan fingerprint density at radius 1 is 1.06 bits per heavy atom. The highest BCUT2D eigenvalue weighted by atomic mass is 15.0. The topological polar surface area (TPSA) is 38.0 Å². The van der Waals surface area contributed by atoms with E-state index in [1.165, 1.54) is 44.2 Å². The number of nitrogens with one attached hydrogen (secondary N) is 1. The monoisotopic (exact) mass is 244 g/mol. The predicted octanol–water partition coefficient (Wildman–Crippen LogP) is 2.65. The summed E-state index contributed by atoms with van der Waals surface area (Å²) < 4.78 is 0. The van der Waals surface area contributed by atoms with Crippen molar-refractivity contribution in [1.82, 2.24) is 5.32 Å². The van der Waals surface area contributed by atoms with E-state index in [-0.39, 0.29) is 0 Å². The minimum atomic E-state index is 0.472. The van der Waals surface area contributed by atoms with Crippen molar-refractivity contribution in [3.8, 4) is 0 Å². The lowest BCUT2D eigenvalue weighted by Gasteiger charge is -2.26. The normalized spacial score (nSPS) is 35.4. The SMILES string of the molecule is NC1CCC(CN[C@@H]2C[C@H]2c2ccccc2)CC1. The maximum atomic E-state index is 5.94. The molecule has 1 aromatic rings. The highest BCUT2D eigenvalue weighted by Gasteiger charge is 2.38. The average Bonchev–Trinajstić information content (AvgIpc) is 3.19. The number of nitrogens with two attached hydrogens (primary N) is 1. The molecule has 3 N–H and O–H groups in total. The quantitative estimate of drug-likeness (QED) is 0.854. The van der Waals surface area contributed by atoms with Gasteiger partial charge in [0.1, 0.15) is 0 Å². The van der Waals surface area contributed by atoms with Gasteiger partial charge in [-0.15, -0.1) is 0 Å². The van der Waals surface area contributed by atoms with Gasteiger partial charge in [0.15, 0.2) is 0 Å². The van der Waals surface area contributed by atoms with Gasteiger partial charge in [-0.25, -0.2) is 0 Å².